The van der Waals surface area contributed by atoms with Crippen molar-refractivity contribution in [3.63, 3.8) is 0 Å². The molecule has 4 nitrogen and oxygen atoms in total. The first-order valence-corrected chi connectivity index (χ1v) is 7.52. The smallest absolute Gasteiger partial charge is 0.255 e. The molecule has 0 atom stereocenters. The molecule has 0 bridgehead atoms. The summed E-state index contributed by atoms with van der Waals surface area (Å²) in [6.45, 7) is 2.09. The number of hydrogen-bond acceptors (Lipinski definition) is 4. The highest BCUT2D eigenvalue weighted by molar-refractivity contribution is 7.98. The summed E-state index contributed by atoms with van der Waals surface area (Å²) in [4.78, 5) is 23.6. The number of aromatic amines is 1. The molecule has 0 spiro atoms. The van der Waals surface area contributed by atoms with Crippen LogP contribution in [0.2, 0.25) is 0 Å². The molecule has 0 radical (unpaired) electrons. The third kappa shape index (κ3) is 3.44. The molecule has 0 aliphatic carbocycles. The van der Waals surface area contributed by atoms with Crippen LogP contribution in [0, 0.1) is 0 Å². The van der Waals surface area contributed by atoms with Crippen LogP contribution in [0.5, 0.6) is 0 Å². The molecule has 2 heterocycles. The van der Waals surface area contributed by atoms with Crippen molar-refractivity contribution in [2.75, 3.05) is 6.26 Å². The van der Waals surface area contributed by atoms with Crippen molar-refractivity contribution >= 4 is 11.8 Å². The number of hydrogen-bond donors (Lipinski definition) is 1. The van der Waals surface area contributed by atoms with Crippen molar-refractivity contribution in [3.05, 3.63) is 51.7 Å². The van der Waals surface area contributed by atoms with Gasteiger partial charge in [-0.3, -0.25) is 9.78 Å². The largest absolute Gasteiger partial charge is 0.301 e. The number of H-pyrrole nitrogens is 1. The van der Waals surface area contributed by atoms with E-state index >= 15 is 0 Å². The summed E-state index contributed by atoms with van der Waals surface area (Å²) in [6.07, 6.45) is 7.82. The summed E-state index contributed by atoms with van der Waals surface area (Å²) in [5.41, 5.74) is 2.66. The van der Waals surface area contributed by atoms with E-state index in [-0.39, 0.29) is 5.56 Å². The third-order valence-corrected chi connectivity index (χ3v) is 3.44. The standard InChI is InChI=1S/C14H17N3OS/c1-3-5-12-11(8-10-6-4-7-15-9-10)13(18)17-14(16-12)19-2/h4,6-7,9H,3,5,8H2,1-2H3,(H,16,17,18). The van der Waals surface area contributed by atoms with Crippen molar-refractivity contribution in [2.45, 2.75) is 31.3 Å². The lowest BCUT2D eigenvalue weighted by atomic mass is 10.0. The Labute approximate surface area is 116 Å². The van der Waals surface area contributed by atoms with Gasteiger partial charge in [-0.25, -0.2) is 4.98 Å². The molecule has 100 valence electrons. The number of nitrogens with zero attached hydrogens (tertiary/aromatic N) is 2. The molecule has 2 rings (SSSR count). The average Bonchev–Trinajstić information content (AvgIpc) is 2.43. The van der Waals surface area contributed by atoms with Crippen molar-refractivity contribution < 1.29 is 0 Å². The Morgan fingerprint density at radius 3 is 2.89 bits per heavy atom. The zero-order valence-corrected chi connectivity index (χ0v) is 12.0. The van der Waals surface area contributed by atoms with E-state index in [1.54, 1.807) is 12.4 Å². The highest BCUT2D eigenvalue weighted by atomic mass is 32.2. The van der Waals surface area contributed by atoms with Crippen molar-refractivity contribution in [1.82, 2.24) is 15.0 Å². The van der Waals surface area contributed by atoms with Crippen LogP contribution in [0.1, 0.15) is 30.2 Å². The fourth-order valence-electron chi connectivity index (χ4n) is 1.95. The van der Waals surface area contributed by atoms with Gasteiger partial charge < -0.3 is 4.98 Å². The van der Waals surface area contributed by atoms with Crippen molar-refractivity contribution in [2.24, 2.45) is 0 Å². The van der Waals surface area contributed by atoms with Gasteiger partial charge in [0.2, 0.25) is 0 Å². The highest BCUT2D eigenvalue weighted by Gasteiger charge is 2.11. The van der Waals surface area contributed by atoms with Gasteiger partial charge in [-0.15, -0.1) is 0 Å². The van der Waals surface area contributed by atoms with Crippen LogP contribution in [0.15, 0.2) is 34.5 Å². The molecule has 2 aromatic heterocycles. The summed E-state index contributed by atoms with van der Waals surface area (Å²) in [6, 6.07) is 3.86. The molecule has 19 heavy (non-hydrogen) atoms. The summed E-state index contributed by atoms with van der Waals surface area (Å²) in [5.74, 6) is 0. The number of aromatic nitrogens is 3. The van der Waals surface area contributed by atoms with E-state index < -0.39 is 0 Å². The Morgan fingerprint density at radius 1 is 1.42 bits per heavy atom. The number of pyridine rings is 1. The van der Waals surface area contributed by atoms with Crippen LogP contribution in [-0.4, -0.2) is 21.2 Å². The van der Waals surface area contributed by atoms with Crippen LogP contribution >= 0.6 is 11.8 Å². The van der Waals surface area contributed by atoms with Gasteiger partial charge in [0.05, 0.1) is 5.69 Å². The lowest BCUT2D eigenvalue weighted by molar-refractivity contribution is 0.789. The fraction of sp³-hybridized carbons (Fsp3) is 0.357. The quantitative estimate of drug-likeness (QED) is 0.672. The normalized spacial score (nSPS) is 10.6. The topological polar surface area (TPSA) is 58.6 Å². The summed E-state index contributed by atoms with van der Waals surface area (Å²) >= 11 is 1.46. The molecule has 0 saturated heterocycles. The Morgan fingerprint density at radius 2 is 2.26 bits per heavy atom. The maximum atomic E-state index is 12.2. The molecule has 0 unspecified atom stereocenters. The minimum absolute atomic E-state index is 0.0355. The van der Waals surface area contributed by atoms with Gasteiger partial charge in [0, 0.05) is 24.4 Å². The van der Waals surface area contributed by atoms with Gasteiger partial charge in [-0.05, 0) is 24.3 Å². The molecular weight excluding hydrogens is 258 g/mol. The molecule has 0 aromatic carbocycles. The van der Waals surface area contributed by atoms with Crippen molar-refractivity contribution in [1.29, 1.82) is 0 Å². The Bertz CT molecular complexity index is 595. The number of rotatable bonds is 5. The second-order valence-corrected chi connectivity index (χ2v) is 5.08. The van der Waals surface area contributed by atoms with Crippen LogP contribution in [0.4, 0.5) is 0 Å². The minimum atomic E-state index is -0.0355. The first kappa shape index (κ1) is 13.8. The SMILES string of the molecule is CCCc1nc(SC)[nH]c(=O)c1Cc1cccnc1. The van der Waals surface area contributed by atoms with E-state index in [0.717, 1.165) is 29.7 Å². The molecule has 0 aliphatic heterocycles. The molecule has 0 amide bonds. The molecule has 1 N–H and O–H groups in total. The molecule has 0 saturated carbocycles. The summed E-state index contributed by atoms with van der Waals surface area (Å²) in [7, 11) is 0. The average molecular weight is 275 g/mol. The van der Waals surface area contributed by atoms with Gasteiger partial charge in [-0.1, -0.05) is 31.2 Å². The summed E-state index contributed by atoms with van der Waals surface area (Å²) in [5, 5.41) is 0.684. The van der Waals surface area contributed by atoms with Gasteiger partial charge in [0.25, 0.3) is 5.56 Å². The zero-order valence-electron chi connectivity index (χ0n) is 11.1. The minimum Gasteiger partial charge on any atom is -0.301 e. The van der Waals surface area contributed by atoms with Crippen molar-refractivity contribution in [3.8, 4) is 0 Å². The van der Waals surface area contributed by atoms with E-state index in [9.17, 15) is 4.79 Å². The van der Waals surface area contributed by atoms with Gasteiger partial charge >= 0.3 is 0 Å². The van der Waals surface area contributed by atoms with E-state index in [1.807, 2.05) is 18.4 Å². The number of aryl methyl sites for hydroxylation is 1. The third-order valence-electron chi connectivity index (χ3n) is 2.86. The lowest BCUT2D eigenvalue weighted by Crippen LogP contribution is -2.19. The molecule has 0 aliphatic rings. The maximum Gasteiger partial charge on any atom is 0.255 e. The van der Waals surface area contributed by atoms with Crippen LogP contribution in [-0.2, 0) is 12.8 Å². The van der Waals surface area contributed by atoms with Crippen LogP contribution in [0.3, 0.4) is 0 Å². The van der Waals surface area contributed by atoms with Crippen LogP contribution in [0.25, 0.3) is 0 Å². The first-order valence-electron chi connectivity index (χ1n) is 6.29. The Kier molecular flexibility index (Phi) is 4.74. The van der Waals surface area contributed by atoms with Gasteiger partial charge in [-0.2, -0.15) is 0 Å². The Balaban J connectivity index is 2.40. The molecular formula is C14H17N3OS. The number of thioether (sulfide) groups is 1. The predicted molar refractivity (Wildman–Crippen MR) is 77.7 cm³/mol. The van der Waals surface area contributed by atoms with E-state index in [2.05, 4.69) is 21.9 Å². The molecule has 0 fully saturated rings. The predicted octanol–water partition coefficient (Wildman–Crippen LogP) is 2.43. The van der Waals surface area contributed by atoms with E-state index in [0.29, 0.717) is 11.6 Å². The highest BCUT2D eigenvalue weighted by Crippen LogP contribution is 2.13. The lowest BCUT2D eigenvalue weighted by Gasteiger charge is -2.08. The second-order valence-electron chi connectivity index (χ2n) is 4.29. The molecule has 5 heteroatoms. The van der Waals surface area contributed by atoms with E-state index in [1.165, 1.54) is 11.8 Å². The number of nitrogens with one attached hydrogen (secondary N) is 1. The summed E-state index contributed by atoms with van der Waals surface area (Å²) < 4.78 is 0. The van der Waals surface area contributed by atoms with Gasteiger partial charge in [0.1, 0.15) is 0 Å². The maximum absolute atomic E-state index is 12.2. The Hall–Kier alpha value is -1.62. The van der Waals surface area contributed by atoms with E-state index in [4.69, 9.17) is 0 Å². The molecule has 2 aromatic rings. The fourth-order valence-corrected chi connectivity index (χ4v) is 2.35. The zero-order chi connectivity index (χ0) is 13.7. The van der Waals surface area contributed by atoms with Gasteiger partial charge in [0.15, 0.2) is 5.16 Å². The monoisotopic (exact) mass is 275 g/mol. The second kappa shape index (κ2) is 6.52. The van der Waals surface area contributed by atoms with Crippen LogP contribution < -0.4 is 5.56 Å². The first-order chi connectivity index (χ1) is 9.24.